The lowest BCUT2D eigenvalue weighted by Gasteiger charge is -2.48. The second kappa shape index (κ2) is 11.5. The summed E-state index contributed by atoms with van der Waals surface area (Å²) >= 11 is 5.95. The SMILES string of the molecule is NC(=O)C1C(=O)[C@@]2(O)C(=O)C3=C(O)c4c(O)ccc(-c5ccc(CNCCc6ccc(Cl)cc6)cc5)c4C[C@H]3C[C@H]2CC1O. The summed E-state index contributed by atoms with van der Waals surface area (Å²) in [4.78, 5) is 38.8. The van der Waals surface area contributed by atoms with Crippen LogP contribution in [0.3, 0.4) is 0 Å². The van der Waals surface area contributed by atoms with E-state index in [4.69, 9.17) is 17.3 Å². The van der Waals surface area contributed by atoms with Crippen LogP contribution in [-0.2, 0) is 33.8 Å². The molecule has 5 atom stereocenters. The van der Waals surface area contributed by atoms with E-state index < -0.39 is 52.7 Å². The maximum absolute atomic E-state index is 13.7. The monoisotopic (exact) mass is 616 g/mol. The molecule has 0 radical (unpaired) electrons. The smallest absolute Gasteiger partial charge is 0.230 e. The topological polar surface area (TPSA) is 170 Å². The number of ketones is 2. The van der Waals surface area contributed by atoms with E-state index in [0.29, 0.717) is 17.1 Å². The van der Waals surface area contributed by atoms with Gasteiger partial charge in [-0.15, -0.1) is 0 Å². The average Bonchev–Trinajstić information content (AvgIpc) is 2.98. The standard InChI is InChI=1S/C34H33ClN2O7/c35-22-7-3-17(4-8-22)11-12-37-16-18-1-5-19(6-2-18)23-9-10-25(38)28-24(23)14-20-13-21-15-26(39)29(33(36)43)32(42)34(21,44)31(41)27(20)30(28)40/h1-10,20-21,26,29,37-40,44H,11-16H2,(H2,36,43)/t20-,21+,26?,29?,34+/m1/s1. The molecule has 0 heterocycles. The number of benzene rings is 3. The molecule has 0 saturated heterocycles. The summed E-state index contributed by atoms with van der Waals surface area (Å²) < 4.78 is 0. The fourth-order valence-electron chi connectivity index (χ4n) is 7.11. The van der Waals surface area contributed by atoms with Crippen LogP contribution in [0.1, 0.15) is 35.1 Å². The van der Waals surface area contributed by atoms with Gasteiger partial charge in [0.2, 0.25) is 11.7 Å². The molecule has 0 spiro atoms. The van der Waals surface area contributed by atoms with Crippen molar-refractivity contribution in [3.05, 3.63) is 93.5 Å². The molecule has 7 N–H and O–H groups in total. The van der Waals surface area contributed by atoms with Gasteiger partial charge in [-0.1, -0.05) is 54.1 Å². The summed E-state index contributed by atoms with van der Waals surface area (Å²) in [6.45, 7) is 1.47. The number of nitrogens with one attached hydrogen (secondary N) is 1. The minimum absolute atomic E-state index is 0.0758. The van der Waals surface area contributed by atoms with Crippen molar-refractivity contribution < 1.29 is 34.8 Å². The largest absolute Gasteiger partial charge is 0.507 e. The number of fused-ring (bicyclic) bond motifs is 3. The molecule has 6 rings (SSSR count). The quantitative estimate of drug-likeness (QED) is 0.174. The van der Waals surface area contributed by atoms with Crippen molar-refractivity contribution in [3.63, 3.8) is 0 Å². The minimum atomic E-state index is -2.60. The number of carbonyl (C=O) groups excluding carboxylic acids is 3. The van der Waals surface area contributed by atoms with Gasteiger partial charge in [-0.3, -0.25) is 14.4 Å². The van der Waals surface area contributed by atoms with Crippen LogP contribution in [0, 0.1) is 17.8 Å². The number of primary amides is 1. The minimum Gasteiger partial charge on any atom is -0.507 e. The van der Waals surface area contributed by atoms with E-state index in [2.05, 4.69) is 5.32 Å². The van der Waals surface area contributed by atoms with Crippen LogP contribution in [0.15, 0.2) is 66.2 Å². The fraction of sp³-hybridized carbons (Fsp3) is 0.324. The van der Waals surface area contributed by atoms with E-state index in [0.717, 1.165) is 29.7 Å². The van der Waals surface area contributed by atoms with Crippen LogP contribution >= 0.6 is 11.6 Å². The number of amides is 1. The summed E-state index contributed by atoms with van der Waals surface area (Å²) in [5, 5.41) is 48.2. The molecule has 3 aromatic rings. The van der Waals surface area contributed by atoms with Crippen LogP contribution in [0.2, 0.25) is 5.02 Å². The number of aromatic hydroxyl groups is 1. The molecular formula is C34H33ClN2O7. The Hall–Kier alpha value is -4.02. The number of hydrogen-bond donors (Lipinski definition) is 6. The molecule has 9 nitrogen and oxygen atoms in total. The number of phenols is 1. The molecule has 2 saturated carbocycles. The highest BCUT2D eigenvalue weighted by Gasteiger charge is 2.64. The predicted octanol–water partition coefficient (Wildman–Crippen LogP) is 3.24. The van der Waals surface area contributed by atoms with Gasteiger partial charge in [0.1, 0.15) is 17.4 Å². The average molecular weight is 617 g/mol. The van der Waals surface area contributed by atoms with Crippen molar-refractivity contribution in [2.24, 2.45) is 23.5 Å². The Bertz CT molecular complexity index is 1680. The number of hydrogen-bond acceptors (Lipinski definition) is 8. The summed E-state index contributed by atoms with van der Waals surface area (Å²) in [6, 6.07) is 18.9. The summed E-state index contributed by atoms with van der Waals surface area (Å²) in [6.07, 6.45) is -0.340. The van der Waals surface area contributed by atoms with Crippen LogP contribution < -0.4 is 11.1 Å². The lowest BCUT2D eigenvalue weighted by Crippen LogP contribution is -2.66. The zero-order chi connectivity index (χ0) is 31.3. The molecule has 10 heteroatoms. The van der Waals surface area contributed by atoms with Gasteiger partial charge in [-0.2, -0.15) is 0 Å². The summed E-state index contributed by atoms with van der Waals surface area (Å²) in [7, 11) is 0. The second-order valence-corrected chi connectivity index (χ2v) is 12.4. The van der Waals surface area contributed by atoms with Gasteiger partial charge in [0, 0.05) is 23.1 Å². The highest BCUT2D eigenvalue weighted by atomic mass is 35.5. The van der Waals surface area contributed by atoms with Crippen molar-refractivity contribution in [2.75, 3.05) is 6.54 Å². The van der Waals surface area contributed by atoms with Crippen LogP contribution in [-0.4, -0.2) is 56.1 Å². The molecule has 1 amide bonds. The third-order valence-corrected chi connectivity index (χ3v) is 9.62. The number of rotatable bonds is 7. The number of halogens is 1. The molecule has 3 aliphatic rings. The zero-order valence-electron chi connectivity index (χ0n) is 23.8. The maximum atomic E-state index is 13.7. The number of Topliss-reactive ketones (excluding diaryl/α,β-unsaturated/α-hetero) is 2. The highest BCUT2D eigenvalue weighted by Crippen LogP contribution is 2.52. The number of aliphatic hydroxyl groups excluding tert-OH is 2. The third kappa shape index (κ3) is 4.99. The lowest BCUT2D eigenvalue weighted by molar-refractivity contribution is -0.174. The van der Waals surface area contributed by atoms with Crippen molar-refractivity contribution in [3.8, 4) is 16.9 Å². The first-order chi connectivity index (χ1) is 21.0. The molecule has 0 aromatic heterocycles. The Labute approximate surface area is 259 Å². The van der Waals surface area contributed by atoms with Crippen LogP contribution in [0.25, 0.3) is 16.9 Å². The van der Waals surface area contributed by atoms with Crippen LogP contribution in [0.5, 0.6) is 5.75 Å². The Morgan fingerprint density at radius 1 is 0.977 bits per heavy atom. The Balaban J connectivity index is 1.25. The van der Waals surface area contributed by atoms with E-state index in [1.807, 2.05) is 48.5 Å². The molecule has 44 heavy (non-hydrogen) atoms. The molecule has 2 fully saturated rings. The van der Waals surface area contributed by atoms with E-state index in [1.54, 1.807) is 6.07 Å². The number of nitrogens with two attached hydrogens (primary N) is 1. The second-order valence-electron chi connectivity index (χ2n) is 12.0. The van der Waals surface area contributed by atoms with Gasteiger partial charge in [-0.05, 0) is 84.2 Å². The molecule has 228 valence electrons. The van der Waals surface area contributed by atoms with Gasteiger partial charge < -0.3 is 31.5 Å². The van der Waals surface area contributed by atoms with E-state index >= 15 is 0 Å². The van der Waals surface area contributed by atoms with Crippen molar-refractivity contribution >= 4 is 34.8 Å². The first-order valence-corrected chi connectivity index (χ1v) is 15.0. The number of carbonyl (C=O) groups is 3. The first kappa shape index (κ1) is 30.0. The summed E-state index contributed by atoms with van der Waals surface area (Å²) in [5.41, 5.74) is 7.17. The van der Waals surface area contributed by atoms with Gasteiger partial charge >= 0.3 is 0 Å². The molecule has 0 bridgehead atoms. The van der Waals surface area contributed by atoms with Gasteiger partial charge in [0.25, 0.3) is 0 Å². The van der Waals surface area contributed by atoms with Gasteiger partial charge in [-0.25, -0.2) is 0 Å². The van der Waals surface area contributed by atoms with E-state index in [1.165, 1.54) is 11.6 Å². The number of phenolic OH excluding ortho intramolecular Hbond substituents is 1. The normalized spacial score (nSPS) is 26.2. The van der Waals surface area contributed by atoms with E-state index in [-0.39, 0.29) is 36.1 Å². The van der Waals surface area contributed by atoms with Crippen molar-refractivity contribution in [2.45, 2.75) is 43.9 Å². The Morgan fingerprint density at radius 3 is 2.34 bits per heavy atom. The molecule has 2 unspecified atom stereocenters. The first-order valence-electron chi connectivity index (χ1n) is 14.6. The molecule has 0 aliphatic heterocycles. The molecule has 3 aromatic carbocycles. The number of aliphatic hydroxyl groups is 3. The zero-order valence-corrected chi connectivity index (χ0v) is 24.6. The summed E-state index contributed by atoms with van der Waals surface area (Å²) in [5.74, 6) is -7.28. The van der Waals surface area contributed by atoms with Crippen molar-refractivity contribution in [1.29, 1.82) is 0 Å². The van der Waals surface area contributed by atoms with Crippen LogP contribution in [0.4, 0.5) is 0 Å². The molecule has 3 aliphatic carbocycles. The Morgan fingerprint density at radius 2 is 1.66 bits per heavy atom. The van der Waals surface area contributed by atoms with Crippen molar-refractivity contribution in [1.82, 2.24) is 5.32 Å². The van der Waals surface area contributed by atoms with E-state index in [9.17, 15) is 34.8 Å². The third-order valence-electron chi connectivity index (χ3n) is 9.37. The predicted molar refractivity (Wildman–Crippen MR) is 164 cm³/mol. The van der Waals surface area contributed by atoms with Gasteiger partial charge in [0.05, 0.1) is 11.7 Å². The maximum Gasteiger partial charge on any atom is 0.230 e. The molecular weight excluding hydrogens is 584 g/mol. The fourth-order valence-corrected chi connectivity index (χ4v) is 7.24. The highest BCUT2D eigenvalue weighted by molar-refractivity contribution is 6.30. The lowest BCUT2D eigenvalue weighted by atomic mass is 9.56. The van der Waals surface area contributed by atoms with Gasteiger partial charge in [0.15, 0.2) is 11.4 Å². The Kier molecular flexibility index (Phi) is 7.83.